The summed E-state index contributed by atoms with van der Waals surface area (Å²) in [5, 5.41) is 9.44. The molecule has 0 aromatic rings. The Bertz CT molecular complexity index is 417. The number of hydrogen-bond donors (Lipinski definition) is 1. The Hall–Kier alpha value is -0.870. The van der Waals surface area contributed by atoms with Crippen molar-refractivity contribution in [2.45, 2.75) is 40.7 Å². The standard InChI is InChI=1S/C17H30N2O2/c1-12(2)10-14-15(17(14,4)5)16(21)19-8-6-18(7-9-19)11-13(3)20/h10,13-15,20H,6-9,11H2,1-5H3. The molecule has 2 aliphatic rings. The van der Waals surface area contributed by atoms with Crippen LogP contribution in [-0.2, 0) is 4.79 Å². The number of carbonyl (C=O) groups excluding carboxylic acids is 1. The predicted molar refractivity (Wildman–Crippen MR) is 84.9 cm³/mol. The molecule has 4 nitrogen and oxygen atoms in total. The quantitative estimate of drug-likeness (QED) is 0.803. The van der Waals surface area contributed by atoms with E-state index in [4.69, 9.17) is 0 Å². The van der Waals surface area contributed by atoms with E-state index in [1.807, 2.05) is 11.8 Å². The number of allylic oxidation sites excluding steroid dienone is 2. The molecule has 1 amide bonds. The number of rotatable bonds is 4. The topological polar surface area (TPSA) is 43.8 Å². The number of nitrogens with zero attached hydrogens (tertiary/aromatic N) is 2. The molecule has 0 radical (unpaired) electrons. The first kappa shape index (κ1) is 16.5. The van der Waals surface area contributed by atoms with E-state index in [0.29, 0.717) is 18.4 Å². The first-order valence-corrected chi connectivity index (χ1v) is 8.07. The van der Waals surface area contributed by atoms with Crippen molar-refractivity contribution in [2.75, 3.05) is 32.7 Å². The predicted octanol–water partition coefficient (Wildman–Crippen LogP) is 1.75. The lowest BCUT2D eigenvalue weighted by molar-refractivity contribution is -0.135. The lowest BCUT2D eigenvalue weighted by atomic mass is 10.1. The van der Waals surface area contributed by atoms with Crippen LogP contribution < -0.4 is 0 Å². The maximum Gasteiger partial charge on any atom is 0.226 e. The average molecular weight is 294 g/mol. The van der Waals surface area contributed by atoms with Crippen molar-refractivity contribution >= 4 is 5.91 Å². The molecule has 1 N–H and O–H groups in total. The summed E-state index contributed by atoms with van der Waals surface area (Å²) in [6.45, 7) is 14.4. The smallest absolute Gasteiger partial charge is 0.226 e. The van der Waals surface area contributed by atoms with Crippen LogP contribution in [0.25, 0.3) is 0 Å². The molecule has 0 aromatic heterocycles. The Morgan fingerprint density at radius 2 is 1.86 bits per heavy atom. The molecular formula is C17H30N2O2. The highest BCUT2D eigenvalue weighted by atomic mass is 16.3. The van der Waals surface area contributed by atoms with Gasteiger partial charge in [-0.15, -0.1) is 0 Å². The SMILES string of the molecule is CC(C)=CC1C(C(=O)N2CCN(CC(C)O)CC2)C1(C)C. The van der Waals surface area contributed by atoms with Crippen molar-refractivity contribution < 1.29 is 9.90 Å². The highest BCUT2D eigenvalue weighted by Gasteiger charge is 2.61. The zero-order valence-electron chi connectivity index (χ0n) is 14.1. The monoisotopic (exact) mass is 294 g/mol. The summed E-state index contributed by atoms with van der Waals surface area (Å²) < 4.78 is 0. The van der Waals surface area contributed by atoms with Crippen molar-refractivity contribution in [3.63, 3.8) is 0 Å². The maximum absolute atomic E-state index is 12.7. The molecule has 1 saturated carbocycles. The number of carbonyl (C=O) groups is 1. The van der Waals surface area contributed by atoms with Gasteiger partial charge in [0.05, 0.1) is 12.0 Å². The molecule has 2 rings (SSSR count). The fraction of sp³-hybridized carbons (Fsp3) is 0.824. The molecule has 1 aliphatic heterocycles. The second-order valence-corrected chi connectivity index (χ2v) is 7.54. The van der Waals surface area contributed by atoms with Crippen LogP contribution in [0.4, 0.5) is 0 Å². The Labute approximate surface area is 128 Å². The van der Waals surface area contributed by atoms with Crippen LogP contribution in [0.2, 0.25) is 0 Å². The largest absolute Gasteiger partial charge is 0.392 e. The zero-order valence-corrected chi connectivity index (χ0v) is 14.1. The van der Waals surface area contributed by atoms with Crippen molar-refractivity contribution in [1.82, 2.24) is 9.80 Å². The second-order valence-electron chi connectivity index (χ2n) is 7.54. The van der Waals surface area contributed by atoms with E-state index in [2.05, 4.69) is 38.7 Å². The van der Waals surface area contributed by atoms with E-state index < -0.39 is 0 Å². The average Bonchev–Trinajstić information content (AvgIpc) is 2.89. The van der Waals surface area contributed by atoms with Crippen LogP contribution in [0, 0.1) is 17.3 Å². The third-order valence-corrected chi connectivity index (χ3v) is 4.90. The summed E-state index contributed by atoms with van der Waals surface area (Å²) in [5.74, 6) is 0.861. The molecule has 120 valence electrons. The van der Waals surface area contributed by atoms with Crippen LogP contribution >= 0.6 is 0 Å². The van der Waals surface area contributed by atoms with Gasteiger partial charge in [-0.25, -0.2) is 0 Å². The first-order valence-electron chi connectivity index (χ1n) is 8.07. The Morgan fingerprint density at radius 1 is 1.29 bits per heavy atom. The zero-order chi connectivity index (χ0) is 15.8. The molecule has 3 atom stereocenters. The van der Waals surface area contributed by atoms with Gasteiger partial charge in [0, 0.05) is 32.7 Å². The molecule has 0 bridgehead atoms. The number of β-amino-alcohol motifs (C(OH)–C–C–N with tert-alkyl or cyclic N) is 1. The van der Waals surface area contributed by atoms with Gasteiger partial charge in [-0.05, 0) is 32.1 Å². The molecular weight excluding hydrogens is 264 g/mol. The molecule has 1 aliphatic carbocycles. The van der Waals surface area contributed by atoms with E-state index in [9.17, 15) is 9.90 Å². The Morgan fingerprint density at radius 3 is 2.33 bits per heavy atom. The van der Waals surface area contributed by atoms with E-state index in [1.165, 1.54) is 5.57 Å². The summed E-state index contributed by atoms with van der Waals surface area (Å²) in [6.07, 6.45) is 1.96. The minimum absolute atomic E-state index is 0.102. The minimum Gasteiger partial charge on any atom is -0.392 e. The number of aliphatic hydroxyl groups is 1. The van der Waals surface area contributed by atoms with Gasteiger partial charge in [0.25, 0.3) is 0 Å². The van der Waals surface area contributed by atoms with Gasteiger partial charge in [-0.3, -0.25) is 9.69 Å². The van der Waals surface area contributed by atoms with Gasteiger partial charge in [0.1, 0.15) is 0 Å². The van der Waals surface area contributed by atoms with Gasteiger partial charge in [-0.2, -0.15) is 0 Å². The number of hydrogen-bond acceptors (Lipinski definition) is 3. The van der Waals surface area contributed by atoms with Crippen LogP contribution in [-0.4, -0.2) is 59.6 Å². The third kappa shape index (κ3) is 3.67. The fourth-order valence-electron chi connectivity index (χ4n) is 3.54. The van der Waals surface area contributed by atoms with Crippen LogP contribution in [0.1, 0.15) is 34.6 Å². The summed E-state index contributed by atoms with van der Waals surface area (Å²) >= 11 is 0. The second kappa shape index (κ2) is 6.09. The number of amides is 1. The van der Waals surface area contributed by atoms with Crippen LogP contribution in [0.15, 0.2) is 11.6 Å². The lowest BCUT2D eigenvalue weighted by Gasteiger charge is -2.35. The Balaban J connectivity index is 1.90. The van der Waals surface area contributed by atoms with E-state index in [1.54, 1.807) is 0 Å². The molecule has 0 spiro atoms. The maximum atomic E-state index is 12.7. The highest BCUT2D eigenvalue weighted by Crippen LogP contribution is 2.60. The van der Waals surface area contributed by atoms with Crippen LogP contribution in [0.3, 0.4) is 0 Å². The van der Waals surface area contributed by atoms with Gasteiger partial charge in [-0.1, -0.05) is 25.5 Å². The molecule has 4 heteroatoms. The van der Waals surface area contributed by atoms with E-state index in [0.717, 1.165) is 26.2 Å². The van der Waals surface area contributed by atoms with Crippen molar-refractivity contribution in [3.8, 4) is 0 Å². The van der Waals surface area contributed by atoms with Crippen LogP contribution in [0.5, 0.6) is 0 Å². The molecule has 3 unspecified atom stereocenters. The van der Waals surface area contributed by atoms with Gasteiger partial charge >= 0.3 is 0 Å². The lowest BCUT2D eigenvalue weighted by Crippen LogP contribution is -2.50. The first-order chi connectivity index (χ1) is 9.73. The van der Waals surface area contributed by atoms with Gasteiger partial charge < -0.3 is 10.0 Å². The van der Waals surface area contributed by atoms with E-state index in [-0.39, 0.29) is 17.4 Å². The summed E-state index contributed by atoms with van der Waals surface area (Å²) in [4.78, 5) is 17.0. The minimum atomic E-state index is -0.295. The summed E-state index contributed by atoms with van der Waals surface area (Å²) in [7, 11) is 0. The van der Waals surface area contributed by atoms with Crippen molar-refractivity contribution in [3.05, 3.63) is 11.6 Å². The van der Waals surface area contributed by atoms with Crippen molar-refractivity contribution in [2.24, 2.45) is 17.3 Å². The molecule has 2 fully saturated rings. The fourth-order valence-corrected chi connectivity index (χ4v) is 3.54. The third-order valence-electron chi connectivity index (χ3n) is 4.90. The van der Waals surface area contributed by atoms with E-state index >= 15 is 0 Å². The number of piperazine rings is 1. The van der Waals surface area contributed by atoms with Gasteiger partial charge in [0.15, 0.2) is 0 Å². The van der Waals surface area contributed by atoms with Gasteiger partial charge in [0.2, 0.25) is 5.91 Å². The molecule has 21 heavy (non-hydrogen) atoms. The van der Waals surface area contributed by atoms with Crippen molar-refractivity contribution in [1.29, 1.82) is 0 Å². The highest BCUT2D eigenvalue weighted by molar-refractivity contribution is 5.84. The summed E-state index contributed by atoms with van der Waals surface area (Å²) in [6, 6.07) is 0. The Kier molecular flexibility index (Phi) is 4.79. The number of aliphatic hydroxyl groups excluding tert-OH is 1. The normalized spacial score (nSPS) is 29.9. The molecule has 1 saturated heterocycles. The summed E-state index contributed by atoms with van der Waals surface area (Å²) in [5.41, 5.74) is 1.40. The molecule has 0 aromatic carbocycles. The molecule has 1 heterocycles.